The molecule has 0 spiro atoms. The van der Waals surface area contributed by atoms with E-state index in [1.807, 2.05) is 0 Å². The molecule has 0 aliphatic carbocycles. The first kappa shape index (κ1) is 11.2. The van der Waals surface area contributed by atoms with Crippen molar-refractivity contribution in [2.24, 2.45) is 0 Å². The van der Waals surface area contributed by atoms with Gasteiger partial charge in [-0.25, -0.2) is 0 Å². The highest BCUT2D eigenvalue weighted by Gasteiger charge is 2.21. The minimum Gasteiger partial charge on any atom is -0.508 e. The van der Waals surface area contributed by atoms with Crippen molar-refractivity contribution in [3.63, 3.8) is 0 Å². The molecule has 0 amide bonds. The second-order valence-corrected chi connectivity index (χ2v) is 4.55. The van der Waals surface area contributed by atoms with E-state index in [4.69, 9.17) is 4.52 Å². The minimum absolute atomic E-state index is 0.231. The quantitative estimate of drug-likeness (QED) is 0.845. The van der Waals surface area contributed by atoms with Gasteiger partial charge in [-0.1, -0.05) is 5.16 Å². The van der Waals surface area contributed by atoms with Crippen LogP contribution in [0.15, 0.2) is 28.8 Å². The Morgan fingerprint density at radius 1 is 1.28 bits per heavy atom. The molecule has 5 heteroatoms. The molecule has 5 nitrogen and oxygen atoms in total. The van der Waals surface area contributed by atoms with E-state index < -0.39 is 0 Å². The van der Waals surface area contributed by atoms with Crippen LogP contribution in [0.1, 0.15) is 24.6 Å². The fourth-order valence-electron chi connectivity index (χ4n) is 2.19. The molecule has 0 bridgehead atoms. The Morgan fingerprint density at radius 3 is 2.83 bits per heavy atom. The highest BCUT2D eigenvalue weighted by atomic mass is 16.5. The highest BCUT2D eigenvalue weighted by Crippen LogP contribution is 2.25. The summed E-state index contributed by atoms with van der Waals surface area (Å²) in [5.74, 6) is 1.85. The molecule has 1 aliphatic rings. The lowest BCUT2D eigenvalue weighted by molar-refractivity contribution is 0.393. The van der Waals surface area contributed by atoms with E-state index in [-0.39, 0.29) is 5.75 Å². The van der Waals surface area contributed by atoms with E-state index in [0.717, 1.165) is 37.3 Å². The largest absolute Gasteiger partial charge is 0.508 e. The third kappa shape index (κ3) is 2.22. The lowest BCUT2D eigenvalue weighted by Crippen LogP contribution is -2.28. The van der Waals surface area contributed by atoms with Gasteiger partial charge in [-0.05, 0) is 43.7 Å². The molecule has 2 heterocycles. The number of aromatic hydroxyl groups is 1. The molecule has 0 radical (unpaired) electrons. The fraction of sp³-hybridized carbons (Fsp3) is 0.385. The average Bonchev–Trinajstić information content (AvgIpc) is 2.90. The summed E-state index contributed by atoms with van der Waals surface area (Å²) >= 11 is 0. The number of hydrogen-bond donors (Lipinski definition) is 2. The molecule has 18 heavy (non-hydrogen) atoms. The van der Waals surface area contributed by atoms with Crippen molar-refractivity contribution in [1.29, 1.82) is 0 Å². The van der Waals surface area contributed by atoms with Crippen LogP contribution in [0.25, 0.3) is 11.5 Å². The van der Waals surface area contributed by atoms with Gasteiger partial charge < -0.3 is 14.9 Å². The first-order valence-corrected chi connectivity index (χ1v) is 6.16. The zero-order valence-electron chi connectivity index (χ0n) is 9.97. The van der Waals surface area contributed by atoms with E-state index in [9.17, 15) is 5.11 Å². The fourth-order valence-corrected chi connectivity index (χ4v) is 2.19. The number of phenolic OH excluding ortho intramolecular Hbond substituents is 1. The zero-order chi connectivity index (χ0) is 12.4. The summed E-state index contributed by atoms with van der Waals surface area (Å²) in [5.41, 5.74) is 0.829. The number of rotatable bonds is 2. The van der Waals surface area contributed by atoms with Crippen molar-refractivity contribution in [3.8, 4) is 17.2 Å². The molecule has 94 valence electrons. The zero-order valence-corrected chi connectivity index (χ0v) is 9.97. The molecule has 1 unspecified atom stereocenters. The molecular formula is C13H15N3O2. The van der Waals surface area contributed by atoms with Crippen molar-refractivity contribution in [1.82, 2.24) is 15.5 Å². The van der Waals surface area contributed by atoms with E-state index in [2.05, 4.69) is 15.5 Å². The third-order valence-corrected chi connectivity index (χ3v) is 3.22. The smallest absolute Gasteiger partial charge is 0.257 e. The first-order valence-electron chi connectivity index (χ1n) is 6.16. The molecule has 2 N–H and O–H groups in total. The maximum absolute atomic E-state index is 9.24. The minimum atomic E-state index is 0.231. The second kappa shape index (κ2) is 4.78. The Balaban J connectivity index is 1.82. The normalized spacial score (nSPS) is 19.9. The van der Waals surface area contributed by atoms with Gasteiger partial charge in [0.1, 0.15) is 5.75 Å². The molecule has 1 aromatic heterocycles. The van der Waals surface area contributed by atoms with E-state index >= 15 is 0 Å². The van der Waals surface area contributed by atoms with E-state index in [0.29, 0.717) is 11.8 Å². The standard InChI is InChI=1S/C13H15N3O2/c17-11-5-3-9(4-6-11)13-15-12(16-18-13)10-2-1-7-14-8-10/h3-6,10,14,17H,1-2,7-8H2. The van der Waals surface area contributed by atoms with Crippen molar-refractivity contribution in [2.45, 2.75) is 18.8 Å². The van der Waals surface area contributed by atoms with Gasteiger partial charge in [0.2, 0.25) is 0 Å². The van der Waals surface area contributed by atoms with Crippen molar-refractivity contribution >= 4 is 0 Å². The van der Waals surface area contributed by atoms with Gasteiger partial charge in [0, 0.05) is 18.0 Å². The number of hydrogen-bond acceptors (Lipinski definition) is 5. The molecule has 1 aliphatic heterocycles. The number of nitrogens with one attached hydrogen (secondary N) is 1. The number of aromatic nitrogens is 2. The molecule has 1 saturated heterocycles. The van der Waals surface area contributed by atoms with Crippen LogP contribution in [0.4, 0.5) is 0 Å². The van der Waals surface area contributed by atoms with Crippen LogP contribution in [-0.4, -0.2) is 28.3 Å². The second-order valence-electron chi connectivity index (χ2n) is 4.55. The Kier molecular flexibility index (Phi) is 2.98. The predicted octanol–water partition coefficient (Wildman–Crippen LogP) is 1.91. The van der Waals surface area contributed by atoms with Gasteiger partial charge in [0.15, 0.2) is 5.82 Å². The summed E-state index contributed by atoms with van der Waals surface area (Å²) in [6, 6.07) is 6.76. The summed E-state index contributed by atoms with van der Waals surface area (Å²) in [7, 11) is 0. The summed E-state index contributed by atoms with van der Waals surface area (Å²) in [6.07, 6.45) is 2.25. The monoisotopic (exact) mass is 245 g/mol. The predicted molar refractivity (Wildman–Crippen MR) is 66.2 cm³/mol. The topological polar surface area (TPSA) is 71.2 Å². The first-order chi connectivity index (χ1) is 8.83. The molecule has 0 saturated carbocycles. The number of nitrogens with zero attached hydrogens (tertiary/aromatic N) is 2. The van der Waals surface area contributed by atoms with Crippen LogP contribution in [0.3, 0.4) is 0 Å². The van der Waals surface area contributed by atoms with Crippen molar-refractivity contribution in [3.05, 3.63) is 30.1 Å². The van der Waals surface area contributed by atoms with Gasteiger partial charge in [0.25, 0.3) is 5.89 Å². The molecule has 3 rings (SSSR count). The molecular weight excluding hydrogens is 230 g/mol. The average molecular weight is 245 g/mol. The molecule has 1 fully saturated rings. The third-order valence-electron chi connectivity index (χ3n) is 3.22. The summed E-state index contributed by atoms with van der Waals surface area (Å²) in [5, 5.41) is 16.6. The lowest BCUT2D eigenvalue weighted by Gasteiger charge is -2.19. The van der Waals surface area contributed by atoms with Crippen LogP contribution >= 0.6 is 0 Å². The SMILES string of the molecule is Oc1ccc(-c2nc(C3CCCNC3)no2)cc1. The maximum Gasteiger partial charge on any atom is 0.257 e. The van der Waals surface area contributed by atoms with Gasteiger partial charge >= 0.3 is 0 Å². The number of phenols is 1. The van der Waals surface area contributed by atoms with Crippen LogP contribution in [0.5, 0.6) is 5.75 Å². The molecule has 1 aromatic carbocycles. The Bertz CT molecular complexity index is 515. The van der Waals surface area contributed by atoms with Gasteiger partial charge in [-0.2, -0.15) is 4.98 Å². The van der Waals surface area contributed by atoms with Crippen LogP contribution in [-0.2, 0) is 0 Å². The Labute approximate surface area is 105 Å². The summed E-state index contributed by atoms with van der Waals surface area (Å²) in [6.45, 7) is 1.98. The number of piperidine rings is 1. The van der Waals surface area contributed by atoms with Gasteiger partial charge in [0.05, 0.1) is 0 Å². The molecule has 2 aromatic rings. The van der Waals surface area contributed by atoms with Crippen molar-refractivity contribution < 1.29 is 9.63 Å². The lowest BCUT2D eigenvalue weighted by atomic mass is 9.99. The van der Waals surface area contributed by atoms with Crippen LogP contribution < -0.4 is 5.32 Å². The van der Waals surface area contributed by atoms with E-state index in [1.54, 1.807) is 24.3 Å². The van der Waals surface area contributed by atoms with Gasteiger partial charge in [-0.3, -0.25) is 0 Å². The summed E-state index contributed by atoms with van der Waals surface area (Å²) in [4.78, 5) is 4.43. The summed E-state index contributed by atoms with van der Waals surface area (Å²) < 4.78 is 5.27. The van der Waals surface area contributed by atoms with Crippen LogP contribution in [0.2, 0.25) is 0 Å². The highest BCUT2D eigenvalue weighted by molar-refractivity contribution is 5.54. The number of benzene rings is 1. The van der Waals surface area contributed by atoms with Crippen molar-refractivity contribution in [2.75, 3.05) is 13.1 Å². The van der Waals surface area contributed by atoms with Crippen LogP contribution in [0, 0.1) is 0 Å². The Hall–Kier alpha value is -1.88. The van der Waals surface area contributed by atoms with E-state index in [1.165, 1.54) is 0 Å². The molecule has 1 atom stereocenters. The Morgan fingerprint density at radius 2 is 2.11 bits per heavy atom. The van der Waals surface area contributed by atoms with Gasteiger partial charge in [-0.15, -0.1) is 0 Å². The maximum atomic E-state index is 9.24.